The summed E-state index contributed by atoms with van der Waals surface area (Å²) in [6.07, 6.45) is 0. The van der Waals surface area contributed by atoms with Crippen LogP contribution in [-0.2, 0) is 4.79 Å². The van der Waals surface area contributed by atoms with Gasteiger partial charge in [0.1, 0.15) is 0 Å². The van der Waals surface area contributed by atoms with Crippen molar-refractivity contribution in [1.29, 1.82) is 0 Å². The number of methoxy groups -OCH3 is 1. The second-order valence-electron chi connectivity index (χ2n) is 5.01. The van der Waals surface area contributed by atoms with Crippen molar-refractivity contribution < 1.29 is 19.1 Å². The van der Waals surface area contributed by atoms with Gasteiger partial charge in [-0.1, -0.05) is 0 Å². The summed E-state index contributed by atoms with van der Waals surface area (Å²) in [4.78, 5) is 23.4. The molecule has 0 bridgehead atoms. The Morgan fingerprint density at radius 2 is 1.58 bits per heavy atom. The molecular formula is C18H20N2O4. The van der Waals surface area contributed by atoms with E-state index in [2.05, 4.69) is 10.6 Å². The SMILES string of the molecule is CCOc1cc(C(=O)Nc2ccc(NC(C)=O)cc2)ccc1OC. The van der Waals surface area contributed by atoms with Crippen molar-refractivity contribution in [2.24, 2.45) is 0 Å². The Bertz CT molecular complexity index is 726. The van der Waals surface area contributed by atoms with E-state index in [-0.39, 0.29) is 11.8 Å². The second-order valence-corrected chi connectivity index (χ2v) is 5.01. The maximum Gasteiger partial charge on any atom is 0.255 e. The summed E-state index contributed by atoms with van der Waals surface area (Å²) in [5, 5.41) is 5.47. The number of rotatable bonds is 6. The van der Waals surface area contributed by atoms with Gasteiger partial charge < -0.3 is 20.1 Å². The summed E-state index contributed by atoms with van der Waals surface area (Å²) >= 11 is 0. The minimum absolute atomic E-state index is 0.145. The van der Waals surface area contributed by atoms with Crippen LogP contribution in [0.4, 0.5) is 11.4 Å². The highest BCUT2D eigenvalue weighted by molar-refractivity contribution is 6.04. The van der Waals surface area contributed by atoms with Gasteiger partial charge in [-0.2, -0.15) is 0 Å². The molecule has 2 aromatic rings. The fraction of sp³-hybridized carbons (Fsp3) is 0.222. The van der Waals surface area contributed by atoms with E-state index in [1.807, 2.05) is 6.92 Å². The van der Waals surface area contributed by atoms with Crippen LogP contribution in [0.15, 0.2) is 42.5 Å². The topological polar surface area (TPSA) is 76.7 Å². The molecule has 0 spiro atoms. The molecule has 0 unspecified atom stereocenters. The first-order chi connectivity index (χ1) is 11.5. The number of nitrogens with one attached hydrogen (secondary N) is 2. The molecule has 2 aromatic carbocycles. The number of ether oxygens (including phenoxy) is 2. The molecule has 0 saturated carbocycles. The third-order valence-electron chi connectivity index (χ3n) is 3.19. The van der Waals surface area contributed by atoms with Crippen LogP contribution in [0.2, 0.25) is 0 Å². The van der Waals surface area contributed by atoms with Crippen LogP contribution < -0.4 is 20.1 Å². The normalized spacial score (nSPS) is 9.96. The molecule has 126 valence electrons. The molecule has 24 heavy (non-hydrogen) atoms. The first-order valence-electron chi connectivity index (χ1n) is 7.53. The highest BCUT2D eigenvalue weighted by Gasteiger charge is 2.11. The van der Waals surface area contributed by atoms with Crippen molar-refractivity contribution in [3.63, 3.8) is 0 Å². The quantitative estimate of drug-likeness (QED) is 0.853. The summed E-state index contributed by atoms with van der Waals surface area (Å²) in [7, 11) is 1.55. The predicted molar refractivity (Wildman–Crippen MR) is 92.9 cm³/mol. The van der Waals surface area contributed by atoms with Crippen LogP contribution in [0.3, 0.4) is 0 Å². The van der Waals surface area contributed by atoms with Crippen molar-refractivity contribution in [3.05, 3.63) is 48.0 Å². The summed E-state index contributed by atoms with van der Waals surface area (Å²) in [6, 6.07) is 11.9. The van der Waals surface area contributed by atoms with Gasteiger partial charge in [-0.3, -0.25) is 9.59 Å². The van der Waals surface area contributed by atoms with Gasteiger partial charge in [0.2, 0.25) is 5.91 Å². The Labute approximate surface area is 140 Å². The van der Waals surface area contributed by atoms with Crippen molar-refractivity contribution in [1.82, 2.24) is 0 Å². The molecular weight excluding hydrogens is 308 g/mol. The summed E-state index contributed by atoms with van der Waals surface area (Å²) in [5.41, 5.74) is 1.76. The molecule has 0 radical (unpaired) electrons. The van der Waals surface area contributed by atoms with Crippen LogP contribution in [0.5, 0.6) is 11.5 Å². The van der Waals surface area contributed by atoms with Crippen LogP contribution in [0, 0.1) is 0 Å². The first kappa shape index (κ1) is 17.3. The highest BCUT2D eigenvalue weighted by atomic mass is 16.5. The largest absolute Gasteiger partial charge is 0.493 e. The van der Waals surface area contributed by atoms with Crippen LogP contribution >= 0.6 is 0 Å². The lowest BCUT2D eigenvalue weighted by molar-refractivity contribution is -0.114. The zero-order chi connectivity index (χ0) is 17.5. The van der Waals surface area contributed by atoms with Gasteiger partial charge in [0, 0.05) is 23.9 Å². The van der Waals surface area contributed by atoms with Crippen LogP contribution in [0.25, 0.3) is 0 Å². The number of carbonyl (C=O) groups is 2. The van der Waals surface area contributed by atoms with Gasteiger partial charge >= 0.3 is 0 Å². The van der Waals surface area contributed by atoms with Crippen molar-refractivity contribution in [2.75, 3.05) is 24.4 Å². The average Bonchev–Trinajstić information content (AvgIpc) is 2.56. The standard InChI is InChI=1S/C18H20N2O4/c1-4-24-17-11-13(5-10-16(17)23-3)18(22)20-15-8-6-14(7-9-15)19-12(2)21/h5-11H,4H2,1-3H3,(H,19,21)(H,20,22). The van der Waals surface area contributed by atoms with E-state index in [0.717, 1.165) is 0 Å². The van der Waals surface area contributed by atoms with E-state index in [0.29, 0.717) is 35.0 Å². The van der Waals surface area contributed by atoms with Gasteiger partial charge in [-0.25, -0.2) is 0 Å². The molecule has 0 fully saturated rings. The lowest BCUT2D eigenvalue weighted by Gasteiger charge is -2.11. The molecule has 2 rings (SSSR count). The zero-order valence-corrected chi connectivity index (χ0v) is 13.9. The summed E-state index contributed by atoms with van der Waals surface area (Å²) in [6.45, 7) is 3.78. The molecule has 6 nitrogen and oxygen atoms in total. The molecule has 0 aliphatic carbocycles. The molecule has 2 amide bonds. The van der Waals surface area contributed by atoms with Crippen LogP contribution in [-0.4, -0.2) is 25.5 Å². The number of hydrogen-bond donors (Lipinski definition) is 2. The van der Waals surface area contributed by atoms with Gasteiger partial charge in [-0.15, -0.1) is 0 Å². The second kappa shape index (κ2) is 8.01. The Morgan fingerprint density at radius 3 is 2.12 bits per heavy atom. The molecule has 2 N–H and O–H groups in total. The smallest absolute Gasteiger partial charge is 0.255 e. The third kappa shape index (κ3) is 4.49. The lowest BCUT2D eigenvalue weighted by Crippen LogP contribution is -2.12. The summed E-state index contributed by atoms with van der Waals surface area (Å²) in [5.74, 6) is 0.695. The Hall–Kier alpha value is -3.02. The van der Waals surface area contributed by atoms with Crippen LogP contribution in [0.1, 0.15) is 24.2 Å². The highest BCUT2D eigenvalue weighted by Crippen LogP contribution is 2.28. The predicted octanol–water partition coefficient (Wildman–Crippen LogP) is 3.30. The van der Waals surface area contributed by atoms with Crippen molar-refractivity contribution in [2.45, 2.75) is 13.8 Å². The Kier molecular flexibility index (Phi) is 5.78. The Balaban J connectivity index is 2.11. The van der Waals surface area contributed by atoms with E-state index in [9.17, 15) is 9.59 Å². The lowest BCUT2D eigenvalue weighted by atomic mass is 10.1. The number of benzene rings is 2. The van der Waals surface area contributed by atoms with E-state index >= 15 is 0 Å². The number of hydrogen-bond acceptors (Lipinski definition) is 4. The minimum atomic E-state index is -0.258. The summed E-state index contributed by atoms with van der Waals surface area (Å²) < 4.78 is 10.7. The molecule has 0 heterocycles. The Morgan fingerprint density at radius 1 is 0.958 bits per heavy atom. The third-order valence-corrected chi connectivity index (χ3v) is 3.19. The zero-order valence-electron chi connectivity index (χ0n) is 13.9. The molecule has 0 aromatic heterocycles. The van der Waals surface area contributed by atoms with Crippen molar-refractivity contribution in [3.8, 4) is 11.5 Å². The van der Waals surface area contributed by atoms with Gasteiger partial charge in [0.25, 0.3) is 5.91 Å². The minimum Gasteiger partial charge on any atom is -0.493 e. The maximum atomic E-state index is 12.4. The number of amides is 2. The molecule has 0 aliphatic rings. The maximum absolute atomic E-state index is 12.4. The fourth-order valence-electron chi connectivity index (χ4n) is 2.13. The average molecular weight is 328 g/mol. The van der Waals surface area contributed by atoms with E-state index < -0.39 is 0 Å². The van der Waals surface area contributed by atoms with Gasteiger partial charge in [-0.05, 0) is 49.4 Å². The van der Waals surface area contributed by atoms with E-state index in [1.54, 1.807) is 49.6 Å². The monoisotopic (exact) mass is 328 g/mol. The molecule has 0 atom stereocenters. The van der Waals surface area contributed by atoms with Crippen molar-refractivity contribution >= 4 is 23.2 Å². The first-order valence-corrected chi connectivity index (χ1v) is 7.53. The van der Waals surface area contributed by atoms with Gasteiger partial charge in [0.15, 0.2) is 11.5 Å². The fourth-order valence-corrected chi connectivity index (χ4v) is 2.13. The molecule has 0 saturated heterocycles. The molecule has 0 aliphatic heterocycles. The number of carbonyl (C=O) groups excluding carboxylic acids is 2. The molecule has 6 heteroatoms. The van der Waals surface area contributed by atoms with E-state index in [1.165, 1.54) is 6.92 Å². The van der Waals surface area contributed by atoms with Gasteiger partial charge in [0.05, 0.1) is 13.7 Å². The number of anilines is 2. The van der Waals surface area contributed by atoms with E-state index in [4.69, 9.17) is 9.47 Å².